The average Bonchev–Trinajstić information content (AvgIpc) is 2.64. The zero-order chi connectivity index (χ0) is 13.8. The van der Waals surface area contributed by atoms with Gasteiger partial charge in [0, 0.05) is 12.6 Å². The summed E-state index contributed by atoms with van der Waals surface area (Å²) in [5.74, 6) is -1.06. The van der Waals surface area contributed by atoms with E-state index in [0.717, 1.165) is 12.8 Å². The number of carboxylic acid groups (broad SMARTS) is 1. The molecule has 1 aliphatic rings. The van der Waals surface area contributed by atoms with Gasteiger partial charge in [-0.15, -0.1) is 0 Å². The molecule has 0 radical (unpaired) electrons. The number of carbonyl (C=O) groups excluding carboxylic acids is 1. The Morgan fingerprint density at radius 1 is 1.28 bits per heavy atom. The third-order valence-electron chi connectivity index (χ3n) is 3.28. The first-order valence-corrected chi connectivity index (χ1v) is 6.55. The SMILES string of the molecule is CC(C)(C)CCNC(=O)N[C@H]1CC[C@@H](C(=O)O)C1. The van der Waals surface area contributed by atoms with E-state index in [-0.39, 0.29) is 23.4 Å². The molecule has 1 saturated carbocycles. The zero-order valence-electron chi connectivity index (χ0n) is 11.5. The average molecular weight is 256 g/mol. The molecule has 1 aliphatic carbocycles. The van der Waals surface area contributed by atoms with Gasteiger partial charge in [-0.3, -0.25) is 4.79 Å². The van der Waals surface area contributed by atoms with Crippen LogP contribution in [0.25, 0.3) is 0 Å². The van der Waals surface area contributed by atoms with Gasteiger partial charge in [0.05, 0.1) is 5.92 Å². The zero-order valence-corrected chi connectivity index (χ0v) is 11.5. The van der Waals surface area contributed by atoms with E-state index >= 15 is 0 Å². The molecule has 0 aromatic heterocycles. The fourth-order valence-corrected chi connectivity index (χ4v) is 2.12. The molecule has 1 fully saturated rings. The Bertz CT molecular complexity index is 310. The first-order chi connectivity index (χ1) is 8.28. The molecule has 0 heterocycles. The van der Waals surface area contributed by atoms with Gasteiger partial charge in [0.15, 0.2) is 0 Å². The quantitative estimate of drug-likeness (QED) is 0.719. The number of amides is 2. The van der Waals surface area contributed by atoms with Crippen LogP contribution in [0.3, 0.4) is 0 Å². The maximum absolute atomic E-state index is 11.6. The monoisotopic (exact) mass is 256 g/mol. The van der Waals surface area contributed by atoms with Gasteiger partial charge >= 0.3 is 12.0 Å². The van der Waals surface area contributed by atoms with E-state index < -0.39 is 5.97 Å². The summed E-state index contributed by atoms with van der Waals surface area (Å²) in [7, 11) is 0. The van der Waals surface area contributed by atoms with Crippen molar-refractivity contribution in [3.63, 3.8) is 0 Å². The lowest BCUT2D eigenvalue weighted by Crippen LogP contribution is -2.42. The van der Waals surface area contributed by atoms with E-state index in [0.29, 0.717) is 19.4 Å². The lowest BCUT2D eigenvalue weighted by molar-refractivity contribution is -0.141. The maximum atomic E-state index is 11.6. The van der Waals surface area contributed by atoms with Crippen molar-refractivity contribution in [1.29, 1.82) is 0 Å². The molecule has 0 saturated heterocycles. The number of hydrogen-bond donors (Lipinski definition) is 3. The number of carbonyl (C=O) groups is 2. The van der Waals surface area contributed by atoms with Crippen molar-refractivity contribution >= 4 is 12.0 Å². The van der Waals surface area contributed by atoms with E-state index in [9.17, 15) is 9.59 Å². The molecule has 0 spiro atoms. The smallest absolute Gasteiger partial charge is 0.315 e. The van der Waals surface area contributed by atoms with Crippen molar-refractivity contribution < 1.29 is 14.7 Å². The van der Waals surface area contributed by atoms with Crippen molar-refractivity contribution in [1.82, 2.24) is 10.6 Å². The highest BCUT2D eigenvalue weighted by molar-refractivity contribution is 5.75. The van der Waals surface area contributed by atoms with Gasteiger partial charge in [0.2, 0.25) is 0 Å². The predicted octanol–water partition coefficient (Wildman–Crippen LogP) is 1.98. The molecule has 2 amide bonds. The minimum absolute atomic E-state index is 0.000682. The van der Waals surface area contributed by atoms with Crippen molar-refractivity contribution in [2.24, 2.45) is 11.3 Å². The molecule has 1 rings (SSSR count). The molecule has 0 aromatic carbocycles. The van der Waals surface area contributed by atoms with Gasteiger partial charge in [0.25, 0.3) is 0 Å². The molecular formula is C13H24N2O3. The largest absolute Gasteiger partial charge is 0.481 e. The molecule has 0 aromatic rings. The fourth-order valence-electron chi connectivity index (χ4n) is 2.12. The Labute approximate surface area is 108 Å². The topological polar surface area (TPSA) is 78.4 Å². The van der Waals surface area contributed by atoms with Gasteiger partial charge in [-0.25, -0.2) is 4.79 Å². The minimum atomic E-state index is -0.757. The van der Waals surface area contributed by atoms with Crippen LogP contribution in [0, 0.1) is 11.3 Å². The number of hydrogen-bond acceptors (Lipinski definition) is 2. The molecule has 0 unspecified atom stereocenters. The van der Waals surface area contributed by atoms with Crippen LogP contribution >= 0.6 is 0 Å². The normalized spacial score (nSPS) is 23.7. The van der Waals surface area contributed by atoms with Gasteiger partial charge in [-0.05, 0) is 31.1 Å². The molecule has 0 bridgehead atoms. The van der Waals surface area contributed by atoms with Crippen molar-refractivity contribution in [2.45, 2.75) is 52.5 Å². The second-order valence-corrected chi connectivity index (χ2v) is 6.26. The molecule has 3 N–H and O–H groups in total. The number of urea groups is 1. The predicted molar refractivity (Wildman–Crippen MR) is 69.4 cm³/mol. The summed E-state index contributed by atoms with van der Waals surface area (Å²) >= 11 is 0. The summed E-state index contributed by atoms with van der Waals surface area (Å²) in [5, 5.41) is 14.5. The van der Waals surface area contributed by atoms with Crippen LogP contribution in [0.2, 0.25) is 0 Å². The number of aliphatic carboxylic acids is 1. The lowest BCUT2D eigenvalue weighted by Gasteiger charge is -2.19. The fraction of sp³-hybridized carbons (Fsp3) is 0.846. The van der Waals surface area contributed by atoms with Crippen LogP contribution in [-0.4, -0.2) is 29.7 Å². The van der Waals surface area contributed by atoms with E-state index in [2.05, 4.69) is 31.4 Å². The molecule has 0 aliphatic heterocycles. The molecular weight excluding hydrogens is 232 g/mol. The molecule has 5 heteroatoms. The number of carboxylic acids is 1. The van der Waals surface area contributed by atoms with Crippen LogP contribution < -0.4 is 10.6 Å². The van der Waals surface area contributed by atoms with E-state index in [1.807, 2.05) is 0 Å². The second-order valence-electron chi connectivity index (χ2n) is 6.26. The summed E-state index contributed by atoms with van der Waals surface area (Å²) in [6.07, 6.45) is 2.87. The Kier molecular flexibility index (Phi) is 4.99. The van der Waals surface area contributed by atoms with Crippen molar-refractivity contribution in [3.8, 4) is 0 Å². The summed E-state index contributed by atoms with van der Waals surface area (Å²) in [6.45, 7) is 7.02. The van der Waals surface area contributed by atoms with Gasteiger partial charge in [-0.1, -0.05) is 20.8 Å². The maximum Gasteiger partial charge on any atom is 0.315 e. The van der Waals surface area contributed by atoms with Crippen LogP contribution in [0.4, 0.5) is 4.79 Å². The second kappa shape index (κ2) is 6.07. The number of nitrogens with one attached hydrogen (secondary N) is 2. The molecule has 2 atom stereocenters. The molecule has 5 nitrogen and oxygen atoms in total. The summed E-state index contributed by atoms with van der Waals surface area (Å²) in [5.41, 5.74) is 0.203. The highest BCUT2D eigenvalue weighted by Gasteiger charge is 2.30. The first kappa shape index (κ1) is 14.8. The standard InChI is InChI=1S/C13H24N2O3/c1-13(2,3)6-7-14-12(18)15-10-5-4-9(8-10)11(16)17/h9-10H,4-8H2,1-3H3,(H,16,17)(H2,14,15,18)/t9-,10+/m1/s1. The number of rotatable bonds is 4. The summed E-state index contributed by atoms with van der Waals surface area (Å²) in [6, 6.07) is -0.184. The summed E-state index contributed by atoms with van der Waals surface area (Å²) < 4.78 is 0. The van der Waals surface area contributed by atoms with Crippen LogP contribution in [0.15, 0.2) is 0 Å². The Morgan fingerprint density at radius 3 is 2.44 bits per heavy atom. The van der Waals surface area contributed by atoms with E-state index in [4.69, 9.17) is 5.11 Å². The van der Waals surface area contributed by atoms with Crippen molar-refractivity contribution in [3.05, 3.63) is 0 Å². The lowest BCUT2D eigenvalue weighted by atomic mass is 9.92. The van der Waals surface area contributed by atoms with Crippen LogP contribution in [0.1, 0.15) is 46.5 Å². The van der Waals surface area contributed by atoms with Crippen molar-refractivity contribution in [2.75, 3.05) is 6.54 Å². The van der Waals surface area contributed by atoms with Crippen LogP contribution in [-0.2, 0) is 4.79 Å². The minimum Gasteiger partial charge on any atom is -0.481 e. The highest BCUT2D eigenvalue weighted by atomic mass is 16.4. The van der Waals surface area contributed by atoms with Gasteiger partial charge in [0.1, 0.15) is 0 Å². The highest BCUT2D eigenvalue weighted by Crippen LogP contribution is 2.25. The molecule has 104 valence electrons. The van der Waals surface area contributed by atoms with Gasteiger partial charge in [-0.2, -0.15) is 0 Å². The van der Waals surface area contributed by atoms with E-state index in [1.165, 1.54) is 0 Å². The molecule has 18 heavy (non-hydrogen) atoms. The van der Waals surface area contributed by atoms with E-state index in [1.54, 1.807) is 0 Å². The Hall–Kier alpha value is -1.26. The van der Waals surface area contributed by atoms with Gasteiger partial charge < -0.3 is 15.7 Å². The third-order valence-corrected chi connectivity index (χ3v) is 3.28. The Balaban J connectivity index is 2.20. The Morgan fingerprint density at radius 2 is 1.94 bits per heavy atom. The first-order valence-electron chi connectivity index (χ1n) is 6.55. The summed E-state index contributed by atoms with van der Waals surface area (Å²) in [4.78, 5) is 22.4. The van der Waals surface area contributed by atoms with Crippen LogP contribution in [0.5, 0.6) is 0 Å². The third kappa shape index (κ3) is 5.38.